The van der Waals surface area contributed by atoms with Gasteiger partial charge in [-0.15, -0.1) is 0 Å². The van der Waals surface area contributed by atoms with Crippen LogP contribution in [0.25, 0.3) is 0 Å². The van der Waals surface area contributed by atoms with E-state index in [1.165, 1.54) is 0 Å². The first-order valence-corrected chi connectivity index (χ1v) is 7.27. The van der Waals surface area contributed by atoms with Gasteiger partial charge in [-0.05, 0) is 19.3 Å². The molecule has 0 aliphatic heterocycles. The average molecular weight is 270 g/mol. The van der Waals surface area contributed by atoms with Crippen molar-refractivity contribution in [1.82, 2.24) is 5.32 Å². The molecule has 0 aromatic heterocycles. The molecule has 0 aromatic carbocycles. The Morgan fingerprint density at radius 1 is 1.26 bits per heavy atom. The van der Waals surface area contributed by atoms with Gasteiger partial charge < -0.3 is 16.2 Å². The van der Waals surface area contributed by atoms with Gasteiger partial charge in [0.1, 0.15) is 0 Å². The van der Waals surface area contributed by atoms with Gasteiger partial charge in [0.15, 0.2) is 0 Å². The highest BCUT2D eigenvalue weighted by atomic mass is 16.4. The van der Waals surface area contributed by atoms with Gasteiger partial charge >= 0.3 is 5.97 Å². The normalized spacial score (nSPS) is 20.3. The number of carboxylic acids is 1. The largest absolute Gasteiger partial charge is 0.481 e. The van der Waals surface area contributed by atoms with Crippen LogP contribution in [0.5, 0.6) is 0 Å². The van der Waals surface area contributed by atoms with Crippen molar-refractivity contribution < 1.29 is 14.7 Å². The lowest BCUT2D eigenvalue weighted by Crippen LogP contribution is -2.49. The predicted molar refractivity (Wildman–Crippen MR) is 73.7 cm³/mol. The molecule has 19 heavy (non-hydrogen) atoms. The highest BCUT2D eigenvalue weighted by Gasteiger charge is 2.37. The molecule has 1 amide bonds. The maximum absolute atomic E-state index is 12.5. The van der Waals surface area contributed by atoms with Crippen molar-refractivity contribution in [3.05, 3.63) is 0 Å². The fraction of sp³-hybridized carbons (Fsp3) is 0.857. The van der Waals surface area contributed by atoms with Crippen LogP contribution in [0.4, 0.5) is 0 Å². The van der Waals surface area contributed by atoms with Crippen LogP contribution in [0.15, 0.2) is 0 Å². The summed E-state index contributed by atoms with van der Waals surface area (Å²) in [4.78, 5) is 23.2. The zero-order valence-corrected chi connectivity index (χ0v) is 11.8. The monoisotopic (exact) mass is 270 g/mol. The molecule has 1 aliphatic carbocycles. The third-order valence-corrected chi connectivity index (χ3v) is 4.18. The van der Waals surface area contributed by atoms with E-state index in [1.807, 2.05) is 6.92 Å². The van der Waals surface area contributed by atoms with E-state index in [4.69, 9.17) is 10.8 Å². The van der Waals surface area contributed by atoms with E-state index in [0.717, 1.165) is 38.5 Å². The summed E-state index contributed by atoms with van der Waals surface area (Å²) in [7, 11) is 0. The molecule has 110 valence electrons. The van der Waals surface area contributed by atoms with E-state index in [1.54, 1.807) is 0 Å². The Balaban J connectivity index is 2.68. The Labute approximate surface area is 114 Å². The second kappa shape index (κ2) is 7.48. The standard InChI is InChI=1S/C14H26N2O3/c1-2-11(9-12(17)18)16-13(19)14(10-15)7-5-3-4-6-8-14/h11H,2-10,15H2,1H3,(H,16,19)(H,17,18). The second-order valence-electron chi connectivity index (χ2n) is 5.58. The van der Waals surface area contributed by atoms with Gasteiger partial charge in [-0.25, -0.2) is 0 Å². The zero-order valence-electron chi connectivity index (χ0n) is 11.8. The maximum Gasteiger partial charge on any atom is 0.305 e. The lowest BCUT2D eigenvalue weighted by Gasteiger charge is -2.31. The molecule has 5 nitrogen and oxygen atoms in total. The number of carboxylic acid groups (broad SMARTS) is 1. The summed E-state index contributed by atoms with van der Waals surface area (Å²) < 4.78 is 0. The molecule has 0 saturated heterocycles. The van der Waals surface area contributed by atoms with E-state index >= 15 is 0 Å². The van der Waals surface area contributed by atoms with Crippen molar-refractivity contribution in [3.8, 4) is 0 Å². The Hall–Kier alpha value is -1.10. The van der Waals surface area contributed by atoms with Gasteiger partial charge in [0.05, 0.1) is 11.8 Å². The molecule has 0 bridgehead atoms. The molecular weight excluding hydrogens is 244 g/mol. The molecule has 1 rings (SSSR count). The van der Waals surface area contributed by atoms with Crippen LogP contribution >= 0.6 is 0 Å². The minimum atomic E-state index is -0.880. The lowest BCUT2D eigenvalue weighted by atomic mass is 9.79. The number of hydrogen-bond acceptors (Lipinski definition) is 3. The first kappa shape index (κ1) is 16.0. The maximum atomic E-state index is 12.5. The molecule has 5 heteroatoms. The van der Waals surface area contributed by atoms with E-state index in [9.17, 15) is 9.59 Å². The minimum Gasteiger partial charge on any atom is -0.481 e. The van der Waals surface area contributed by atoms with E-state index in [0.29, 0.717) is 13.0 Å². The van der Waals surface area contributed by atoms with Crippen molar-refractivity contribution in [3.63, 3.8) is 0 Å². The molecule has 0 aromatic rings. The fourth-order valence-corrected chi connectivity index (χ4v) is 2.78. The molecule has 1 unspecified atom stereocenters. The molecule has 1 saturated carbocycles. The molecule has 1 aliphatic rings. The number of carbonyl (C=O) groups excluding carboxylic acids is 1. The van der Waals surface area contributed by atoms with Gasteiger partial charge in [0.2, 0.25) is 5.91 Å². The summed E-state index contributed by atoms with van der Waals surface area (Å²) in [5.74, 6) is -0.931. The second-order valence-corrected chi connectivity index (χ2v) is 5.58. The van der Waals surface area contributed by atoms with Crippen LogP contribution < -0.4 is 11.1 Å². The fourth-order valence-electron chi connectivity index (χ4n) is 2.78. The molecule has 0 heterocycles. The smallest absolute Gasteiger partial charge is 0.305 e. The number of hydrogen-bond donors (Lipinski definition) is 3. The van der Waals surface area contributed by atoms with Gasteiger partial charge in [0.25, 0.3) is 0 Å². The number of rotatable bonds is 6. The Morgan fingerprint density at radius 2 is 1.84 bits per heavy atom. The van der Waals surface area contributed by atoms with Crippen LogP contribution in [0, 0.1) is 5.41 Å². The van der Waals surface area contributed by atoms with Crippen molar-refractivity contribution in [1.29, 1.82) is 0 Å². The van der Waals surface area contributed by atoms with Crippen LogP contribution in [-0.4, -0.2) is 29.6 Å². The van der Waals surface area contributed by atoms with Crippen LogP contribution in [-0.2, 0) is 9.59 Å². The van der Waals surface area contributed by atoms with Crippen molar-refractivity contribution in [2.75, 3.05) is 6.54 Å². The highest BCUT2D eigenvalue weighted by Crippen LogP contribution is 2.34. The topological polar surface area (TPSA) is 92.4 Å². The number of nitrogens with one attached hydrogen (secondary N) is 1. The van der Waals surface area contributed by atoms with E-state index in [-0.39, 0.29) is 18.4 Å². The number of nitrogens with two attached hydrogens (primary N) is 1. The summed E-state index contributed by atoms with van der Waals surface area (Å²) in [6.45, 7) is 2.23. The third-order valence-electron chi connectivity index (χ3n) is 4.18. The van der Waals surface area contributed by atoms with Crippen LogP contribution in [0.1, 0.15) is 58.3 Å². The average Bonchev–Trinajstić information content (AvgIpc) is 2.63. The lowest BCUT2D eigenvalue weighted by molar-refractivity contribution is -0.138. The van der Waals surface area contributed by atoms with Crippen molar-refractivity contribution >= 4 is 11.9 Å². The number of aliphatic carboxylic acids is 1. The van der Waals surface area contributed by atoms with Gasteiger partial charge in [0, 0.05) is 12.6 Å². The van der Waals surface area contributed by atoms with Crippen molar-refractivity contribution in [2.24, 2.45) is 11.1 Å². The molecule has 1 atom stereocenters. The predicted octanol–water partition coefficient (Wildman–Crippen LogP) is 1.66. The van der Waals surface area contributed by atoms with Crippen molar-refractivity contribution in [2.45, 2.75) is 64.3 Å². The first-order valence-electron chi connectivity index (χ1n) is 7.27. The number of carbonyl (C=O) groups is 2. The summed E-state index contributed by atoms with van der Waals surface area (Å²) in [5.41, 5.74) is 5.37. The van der Waals surface area contributed by atoms with Crippen LogP contribution in [0.3, 0.4) is 0 Å². The molecule has 0 radical (unpaired) electrons. The molecule has 4 N–H and O–H groups in total. The Kier molecular flexibility index (Phi) is 6.28. The molecular formula is C14H26N2O3. The third kappa shape index (κ3) is 4.49. The van der Waals surface area contributed by atoms with Gasteiger partial charge in [-0.2, -0.15) is 0 Å². The zero-order chi connectivity index (χ0) is 14.3. The SMILES string of the molecule is CCC(CC(=O)O)NC(=O)C1(CN)CCCCCC1. The van der Waals surface area contributed by atoms with E-state index < -0.39 is 11.4 Å². The van der Waals surface area contributed by atoms with Gasteiger partial charge in [-0.1, -0.05) is 32.6 Å². The summed E-state index contributed by atoms with van der Waals surface area (Å²) in [6.07, 6.45) is 6.60. The summed E-state index contributed by atoms with van der Waals surface area (Å²) in [6, 6.07) is -0.295. The van der Waals surface area contributed by atoms with Crippen LogP contribution in [0.2, 0.25) is 0 Å². The highest BCUT2D eigenvalue weighted by molar-refractivity contribution is 5.83. The van der Waals surface area contributed by atoms with E-state index in [2.05, 4.69) is 5.32 Å². The summed E-state index contributed by atoms with van der Waals surface area (Å²) in [5, 5.41) is 11.7. The minimum absolute atomic E-state index is 0.0249. The molecule has 0 spiro atoms. The molecule has 1 fully saturated rings. The summed E-state index contributed by atoms with van der Waals surface area (Å²) >= 11 is 0. The Morgan fingerprint density at radius 3 is 2.26 bits per heavy atom. The number of amides is 1. The Bertz CT molecular complexity index is 310. The quantitative estimate of drug-likeness (QED) is 0.640. The first-order chi connectivity index (χ1) is 9.04. The van der Waals surface area contributed by atoms with Gasteiger partial charge in [-0.3, -0.25) is 9.59 Å².